The van der Waals surface area contributed by atoms with E-state index < -0.39 is 0 Å². The summed E-state index contributed by atoms with van der Waals surface area (Å²) in [6, 6.07) is 20.8. The van der Waals surface area contributed by atoms with E-state index in [0.717, 1.165) is 22.6 Å². The number of nitrogens with one attached hydrogen (secondary N) is 1. The quantitative estimate of drug-likeness (QED) is 0.314. The molecule has 0 saturated heterocycles. The first kappa shape index (κ1) is 21.4. The van der Waals surface area contributed by atoms with Gasteiger partial charge in [0.05, 0.1) is 17.1 Å². The number of aryl methyl sites for hydroxylation is 1. The van der Waals surface area contributed by atoms with Crippen LogP contribution in [0.1, 0.15) is 28.2 Å². The van der Waals surface area contributed by atoms with Crippen molar-refractivity contribution in [3.63, 3.8) is 0 Å². The van der Waals surface area contributed by atoms with Crippen molar-refractivity contribution in [1.29, 1.82) is 0 Å². The molecule has 168 valence electrons. The highest BCUT2D eigenvalue weighted by molar-refractivity contribution is 5.84. The number of aromatic nitrogens is 4. The number of rotatable bonds is 7. The third-order valence-electron chi connectivity index (χ3n) is 5.50. The van der Waals surface area contributed by atoms with Gasteiger partial charge in [-0.2, -0.15) is 5.10 Å². The average Bonchev–Trinajstić information content (AvgIpc) is 3.48. The second-order valence-electron chi connectivity index (χ2n) is 7.95. The molecule has 2 aromatic carbocycles. The first-order valence-electron chi connectivity index (χ1n) is 10.9. The van der Waals surface area contributed by atoms with Gasteiger partial charge in [-0.05, 0) is 71.6 Å². The van der Waals surface area contributed by atoms with Gasteiger partial charge in [-0.1, -0.05) is 24.3 Å². The van der Waals surface area contributed by atoms with Crippen LogP contribution in [0.2, 0.25) is 0 Å². The number of hydrogen-bond donors (Lipinski definition) is 1. The molecule has 3 aromatic heterocycles. The Bertz CT molecular complexity index is 1480. The minimum atomic E-state index is -0.356. The molecule has 0 spiro atoms. The van der Waals surface area contributed by atoms with Crippen LogP contribution in [0.25, 0.3) is 35.2 Å². The number of pyridine rings is 1. The number of fused-ring (bicyclic) bond motifs is 1. The van der Waals surface area contributed by atoms with Crippen LogP contribution >= 0.6 is 0 Å². The van der Waals surface area contributed by atoms with Crippen molar-refractivity contribution >= 4 is 35.2 Å². The summed E-state index contributed by atoms with van der Waals surface area (Å²) >= 11 is 0. The molecule has 34 heavy (non-hydrogen) atoms. The van der Waals surface area contributed by atoms with E-state index in [9.17, 15) is 4.39 Å². The van der Waals surface area contributed by atoms with Gasteiger partial charge in [-0.15, -0.1) is 0 Å². The van der Waals surface area contributed by atoms with E-state index in [1.54, 1.807) is 30.5 Å². The molecule has 0 amide bonds. The molecule has 5 nitrogen and oxygen atoms in total. The predicted molar refractivity (Wildman–Crippen MR) is 134 cm³/mol. The van der Waals surface area contributed by atoms with Crippen molar-refractivity contribution in [2.45, 2.75) is 6.61 Å². The van der Waals surface area contributed by atoms with Crippen molar-refractivity contribution in [3.8, 4) is 5.75 Å². The highest BCUT2D eigenvalue weighted by Gasteiger charge is 2.04. The Labute approximate surface area is 196 Å². The van der Waals surface area contributed by atoms with Crippen LogP contribution in [-0.4, -0.2) is 19.7 Å². The lowest BCUT2D eigenvalue weighted by atomic mass is 10.1. The van der Waals surface area contributed by atoms with Crippen molar-refractivity contribution in [1.82, 2.24) is 19.7 Å². The van der Waals surface area contributed by atoms with Crippen LogP contribution in [0.4, 0.5) is 4.39 Å². The molecule has 0 saturated carbocycles. The van der Waals surface area contributed by atoms with Crippen LogP contribution in [0.3, 0.4) is 0 Å². The van der Waals surface area contributed by atoms with Crippen molar-refractivity contribution < 1.29 is 9.13 Å². The van der Waals surface area contributed by atoms with Crippen LogP contribution in [0.5, 0.6) is 5.75 Å². The summed E-state index contributed by atoms with van der Waals surface area (Å²) in [6.07, 6.45) is 11.2. The second kappa shape index (κ2) is 9.58. The summed E-state index contributed by atoms with van der Waals surface area (Å²) in [4.78, 5) is 4.20. The summed E-state index contributed by atoms with van der Waals surface area (Å²) in [5, 5.41) is 8.50. The molecular weight excluding hydrogens is 427 g/mol. The molecule has 1 N–H and O–H groups in total. The molecular formula is C28H23FN4O. The number of hydrogen-bond acceptors (Lipinski definition) is 3. The van der Waals surface area contributed by atoms with Crippen LogP contribution in [0, 0.1) is 5.82 Å². The van der Waals surface area contributed by atoms with E-state index in [-0.39, 0.29) is 5.82 Å². The monoisotopic (exact) mass is 450 g/mol. The summed E-state index contributed by atoms with van der Waals surface area (Å²) in [5.74, 6) is 0.105. The van der Waals surface area contributed by atoms with Gasteiger partial charge in [0.25, 0.3) is 0 Å². The zero-order valence-electron chi connectivity index (χ0n) is 18.6. The molecule has 6 heteroatoms. The number of halogens is 1. The van der Waals surface area contributed by atoms with Crippen LogP contribution < -0.4 is 4.74 Å². The number of benzene rings is 2. The molecule has 0 atom stereocenters. The van der Waals surface area contributed by atoms with E-state index in [4.69, 9.17) is 4.74 Å². The van der Waals surface area contributed by atoms with Gasteiger partial charge in [-0.25, -0.2) is 4.39 Å². The van der Waals surface area contributed by atoms with Gasteiger partial charge in [0, 0.05) is 36.6 Å². The second-order valence-corrected chi connectivity index (χ2v) is 7.95. The van der Waals surface area contributed by atoms with E-state index in [2.05, 4.69) is 50.2 Å². The first-order chi connectivity index (χ1) is 16.6. The Morgan fingerprint density at radius 2 is 1.91 bits per heavy atom. The van der Waals surface area contributed by atoms with E-state index in [0.29, 0.717) is 17.9 Å². The number of nitrogens with zero attached hydrogens (tertiary/aromatic N) is 3. The van der Waals surface area contributed by atoms with Gasteiger partial charge in [-0.3, -0.25) is 10.1 Å². The van der Waals surface area contributed by atoms with Gasteiger partial charge >= 0.3 is 0 Å². The summed E-state index contributed by atoms with van der Waals surface area (Å²) in [7, 11) is 2.04. The van der Waals surface area contributed by atoms with E-state index in [1.165, 1.54) is 17.0 Å². The normalized spacial score (nSPS) is 11.7. The van der Waals surface area contributed by atoms with Gasteiger partial charge in [0.1, 0.15) is 18.2 Å². The zero-order chi connectivity index (χ0) is 23.3. The smallest absolute Gasteiger partial charge is 0.134 e. The van der Waals surface area contributed by atoms with Gasteiger partial charge in [0.2, 0.25) is 0 Å². The fourth-order valence-corrected chi connectivity index (χ4v) is 3.64. The van der Waals surface area contributed by atoms with Crippen molar-refractivity contribution in [2.24, 2.45) is 7.05 Å². The molecule has 0 radical (unpaired) electrons. The number of aromatic amines is 1. The predicted octanol–water partition coefficient (Wildman–Crippen LogP) is 6.36. The van der Waals surface area contributed by atoms with Gasteiger partial charge < -0.3 is 9.30 Å². The lowest BCUT2D eigenvalue weighted by Crippen LogP contribution is -1.98. The number of H-pyrrole nitrogens is 1. The Hall–Kier alpha value is -4.45. The summed E-state index contributed by atoms with van der Waals surface area (Å²) < 4.78 is 22.3. The highest BCUT2D eigenvalue weighted by atomic mass is 19.1. The maximum absolute atomic E-state index is 14.5. The molecule has 0 bridgehead atoms. The average molecular weight is 451 g/mol. The van der Waals surface area contributed by atoms with Gasteiger partial charge in [0.15, 0.2) is 0 Å². The van der Waals surface area contributed by atoms with E-state index >= 15 is 0 Å². The molecule has 5 aromatic rings. The Balaban J connectivity index is 1.23. The first-order valence-corrected chi connectivity index (χ1v) is 10.9. The van der Waals surface area contributed by atoms with Crippen molar-refractivity contribution in [2.75, 3.05) is 0 Å². The maximum Gasteiger partial charge on any atom is 0.134 e. The lowest BCUT2D eigenvalue weighted by molar-refractivity contribution is 0.300. The molecule has 0 aliphatic heterocycles. The molecule has 0 aliphatic carbocycles. The highest BCUT2D eigenvalue weighted by Crippen LogP contribution is 2.21. The minimum absolute atomic E-state index is 0.291. The van der Waals surface area contributed by atoms with Crippen LogP contribution in [-0.2, 0) is 13.7 Å². The maximum atomic E-state index is 14.5. The third-order valence-corrected chi connectivity index (χ3v) is 5.50. The standard InChI is InChI=1S/C28H23FN4O/c1-33-15-13-22-7-5-20(16-28(22)33)6-10-23-17-24(32-31-23)11-8-21-9-12-26(18-27(21)29)34-19-25-4-2-3-14-30-25/h2-18H,19H2,1H3,(H,31,32)/b10-6?,11-8+. The number of ether oxygens (including phenoxy) is 1. The fourth-order valence-electron chi connectivity index (χ4n) is 3.64. The fraction of sp³-hybridized carbons (Fsp3) is 0.0714. The van der Waals surface area contributed by atoms with Crippen LogP contribution in [0.15, 0.2) is 79.1 Å². The largest absolute Gasteiger partial charge is 0.487 e. The summed E-state index contributed by atoms with van der Waals surface area (Å²) in [5.41, 5.74) is 5.12. The molecule has 0 aliphatic rings. The third kappa shape index (κ3) is 4.96. The Morgan fingerprint density at radius 1 is 0.971 bits per heavy atom. The summed E-state index contributed by atoms with van der Waals surface area (Å²) in [6.45, 7) is 0.291. The SMILES string of the molecule is Cn1ccc2ccc(C=Cc3cc(/C=C/c4ccc(OCc5ccccn5)cc4F)[nH]n3)cc21. The molecule has 0 fully saturated rings. The zero-order valence-corrected chi connectivity index (χ0v) is 18.6. The van der Waals surface area contributed by atoms with E-state index in [1.807, 2.05) is 43.5 Å². The van der Waals surface area contributed by atoms with Crippen molar-refractivity contribution in [3.05, 3.63) is 113 Å². The minimum Gasteiger partial charge on any atom is -0.487 e. The Morgan fingerprint density at radius 3 is 2.76 bits per heavy atom. The molecule has 3 heterocycles. The Kier molecular flexibility index (Phi) is 6.03. The molecule has 5 rings (SSSR count). The lowest BCUT2D eigenvalue weighted by Gasteiger charge is -2.06. The molecule has 0 unspecified atom stereocenters. The topological polar surface area (TPSA) is 55.7 Å².